The van der Waals surface area contributed by atoms with Crippen LogP contribution in [-0.4, -0.2) is 34.5 Å². The van der Waals surface area contributed by atoms with Crippen molar-refractivity contribution < 1.29 is 14.1 Å². The van der Waals surface area contributed by atoms with Crippen LogP contribution in [0.1, 0.15) is 21.8 Å². The van der Waals surface area contributed by atoms with Gasteiger partial charge in [0.25, 0.3) is 5.91 Å². The van der Waals surface area contributed by atoms with E-state index in [1.54, 1.807) is 13.2 Å². The van der Waals surface area contributed by atoms with Gasteiger partial charge in [-0.15, -0.1) is 5.10 Å². The first-order valence-corrected chi connectivity index (χ1v) is 5.88. The molecule has 2 rings (SSSR count). The van der Waals surface area contributed by atoms with Crippen LogP contribution in [0.3, 0.4) is 0 Å². The largest absolute Gasteiger partial charge is 0.479 e. The van der Waals surface area contributed by atoms with Crippen LogP contribution in [0.2, 0.25) is 0 Å². The Bertz CT molecular complexity index is 573. The Morgan fingerprint density at radius 1 is 1.58 bits per heavy atom. The predicted molar refractivity (Wildman–Crippen MR) is 67.0 cm³/mol. The second kappa shape index (κ2) is 5.55. The highest BCUT2D eigenvalue weighted by Gasteiger charge is 2.15. The van der Waals surface area contributed by atoms with Crippen molar-refractivity contribution in [3.63, 3.8) is 0 Å². The molecule has 0 aromatic carbocycles. The molecule has 1 N–H and O–H groups in total. The average molecular weight is 264 g/mol. The van der Waals surface area contributed by atoms with Crippen LogP contribution in [0.5, 0.6) is 5.88 Å². The SMILES string of the molecule is COc1nn(C)cc1C(=O)NCCc1cc(C)no1. The first-order valence-electron chi connectivity index (χ1n) is 5.88. The molecule has 0 radical (unpaired) electrons. The predicted octanol–water partition coefficient (Wildman–Crippen LogP) is 0.698. The van der Waals surface area contributed by atoms with E-state index in [-0.39, 0.29) is 5.91 Å². The lowest BCUT2D eigenvalue weighted by molar-refractivity contribution is 0.0950. The Balaban J connectivity index is 1.90. The molecule has 0 fully saturated rings. The zero-order valence-corrected chi connectivity index (χ0v) is 11.1. The van der Waals surface area contributed by atoms with Crippen LogP contribution < -0.4 is 10.1 Å². The molecule has 2 heterocycles. The maximum atomic E-state index is 11.9. The first kappa shape index (κ1) is 13.1. The van der Waals surface area contributed by atoms with Gasteiger partial charge in [0.2, 0.25) is 5.88 Å². The Hall–Kier alpha value is -2.31. The standard InChI is InChI=1S/C12H16N4O3/c1-8-6-9(19-15-8)4-5-13-11(17)10-7-16(2)14-12(10)18-3/h6-7H,4-5H2,1-3H3,(H,13,17). The van der Waals surface area contributed by atoms with Gasteiger partial charge in [0.05, 0.1) is 12.8 Å². The van der Waals surface area contributed by atoms with Gasteiger partial charge in [0, 0.05) is 32.3 Å². The molecule has 0 saturated heterocycles. The summed E-state index contributed by atoms with van der Waals surface area (Å²) in [6.07, 6.45) is 2.21. The van der Waals surface area contributed by atoms with Crippen molar-refractivity contribution in [1.82, 2.24) is 20.3 Å². The van der Waals surface area contributed by atoms with Crippen molar-refractivity contribution >= 4 is 5.91 Å². The van der Waals surface area contributed by atoms with Gasteiger partial charge in [0.1, 0.15) is 11.3 Å². The molecule has 0 aliphatic rings. The normalized spacial score (nSPS) is 10.5. The van der Waals surface area contributed by atoms with Crippen LogP contribution in [0.15, 0.2) is 16.8 Å². The molecule has 102 valence electrons. The number of carbonyl (C=O) groups is 1. The number of nitrogens with zero attached hydrogens (tertiary/aromatic N) is 3. The highest BCUT2D eigenvalue weighted by atomic mass is 16.5. The molecule has 0 bridgehead atoms. The maximum Gasteiger partial charge on any atom is 0.258 e. The van der Waals surface area contributed by atoms with E-state index in [9.17, 15) is 4.79 Å². The third-order valence-corrected chi connectivity index (χ3v) is 2.57. The van der Waals surface area contributed by atoms with E-state index in [2.05, 4.69) is 15.6 Å². The summed E-state index contributed by atoms with van der Waals surface area (Å²) in [5.74, 6) is 0.840. The molecular weight excluding hydrogens is 248 g/mol. The van der Waals surface area contributed by atoms with E-state index >= 15 is 0 Å². The van der Waals surface area contributed by atoms with Crippen LogP contribution in [0.25, 0.3) is 0 Å². The second-order valence-electron chi connectivity index (χ2n) is 4.17. The number of nitrogens with one attached hydrogen (secondary N) is 1. The topological polar surface area (TPSA) is 82.2 Å². The van der Waals surface area contributed by atoms with E-state index in [4.69, 9.17) is 9.26 Å². The fourth-order valence-corrected chi connectivity index (χ4v) is 1.70. The van der Waals surface area contributed by atoms with Gasteiger partial charge in [-0.25, -0.2) is 0 Å². The Morgan fingerprint density at radius 2 is 2.37 bits per heavy atom. The summed E-state index contributed by atoms with van der Waals surface area (Å²) in [7, 11) is 3.22. The summed E-state index contributed by atoms with van der Waals surface area (Å²) in [5.41, 5.74) is 1.24. The van der Waals surface area contributed by atoms with Crippen LogP contribution in [0, 0.1) is 6.92 Å². The lowest BCUT2D eigenvalue weighted by atomic mass is 10.3. The molecule has 19 heavy (non-hydrogen) atoms. The summed E-state index contributed by atoms with van der Waals surface area (Å²) in [6.45, 7) is 2.32. The molecule has 7 nitrogen and oxygen atoms in total. The number of aromatic nitrogens is 3. The lowest BCUT2D eigenvalue weighted by Crippen LogP contribution is -2.25. The minimum Gasteiger partial charge on any atom is -0.479 e. The smallest absolute Gasteiger partial charge is 0.258 e. The van der Waals surface area contributed by atoms with E-state index < -0.39 is 0 Å². The number of hydrogen-bond acceptors (Lipinski definition) is 5. The monoisotopic (exact) mass is 264 g/mol. The molecule has 0 spiro atoms. The number of amides is 1. The van der Waals surface area contributed by atoms with E-state index in [1.165, 1.54) is 11.8 Å². The molecule has 0 saturated carbocycles. The molecule has 0 atom stereocenters. The first-order chi connectivity index (χ1) is 9.10. The van der Waals surface area contributed by atoms with Crippen LogP contribution >= 0.6 is 0 Å². The molecule has 0 unspecified atom stereocenters. The van der Waals surface area contributed by atoms with Gasteiger partial charge in [-0.3, -0.25) is 9.48 Å². The summed E-state index contributed by atoms with van der Waals surface area (Å²) in [4.78, 5) is 11.9. The molecule has 0 aliphatic carbocycles. The highest BCUT2D eigenvalue weighted by Crippen LogP contribution is 2.14. The zero-order valence-electron chi connectivity index (χ0n) is 11.1. The van der Waals surface area contributed by atoms with E-state index in [0.29, 0.717) is 24.4 Å². The van der Waals surface area contributed by atoms with Crippen molar-refractivity contribution in [2.75, 3.05) is 13.7 Å². The molecule has 0 aliphatic heterocycles. The summed E-state index contributed by atoms with van der Waals surface area (Å²) >= 11 is 0. The van der Waals surface area contributed by atoms with Gasteiger partial charge in [-0.1, -0.05) is 5.16 Å². The second-order valence-corrected chi connectivity index (χ2v) is 4.17. The average Bonchev–Trinajstić information content (AvgIpc) is 2.95. The summed E-state index contributed by atoms with van der Waals surface area (Å²) in [5, 5.41) is 10.6. The quantitative estimate of drug-likeness (QED) is 0.859. The fourth-order valence-electron chi connectivity index (χ4n) is 1.70. The summed E-state index contributed by atoms with van der Waals surface area (Å²) < 4.78 is 11.6. The molecule has 1 amide bonds. The van der Waals surface area contributed by atoms with Gasteiger partial charge in [-0.2, -0.15) is 0 Å². The Morgan fingerprint density at radius 3 is 3.00 bits per heavy atom. The number of hydrogen-bond donors (Lipinski definition) is 1. The molecule has 7 heteroatoms. The molecule has 2 aromatic heterocycles. The summed E-state index contributed by atoms with van der Waals surface area (Å²) in [6, 6.07) is 1.84. The number of ether oxygens (including phenoxy) is 1. The minimum absolute atomic E-state index is 0.221. The van der Waals surface area contributed by atoms with Crippen LogP contribution in [-0.2, 0) is 13.5 Å². The lowest BCUT2D eigenvalue weighted by Gasteiger charge is -2.02. The third-order valence-electron chi connectivity index (χ3n) is 2.57. The number of aryl methyl sites for hydroxylation is 2. The zero-order chi connectivity index (χ0) is 13.8. The Kier molecular flexibility index (Phi) is 3.84. The Labute approximate surface area is 110 Å². The van der Waals surface area contributed by atoms with Crippen molar-refractivity contribution in [3.8, 4) is 5.88 Å². The maximum absolute atomic E-state index is 11.9. The molecular formula is C12H16N4O3. The van der Waals surface area contributed by atoms with Gasteiger partial charge >= 0.3 is 0 Å². The van der Waals surface area contributed by atoms with Crippen molar-refractivity contribution in [3.05, 3.63) is 29.3 Å². The van der Waals surface area contributed by atoms with Crippen molar-refractivity contribution in [2.24, 2.45) is 7.05 Å². The highest BCUT2D eigenvalue weighted by molar-refractivity contribution is 5.96. The van der Waals surface area contributed by atoms with Crippen LogP contribution in [0.4, 0.5) is 0 Å². The number of methoxy groups -OCH3 is 1. The minimum atomic E-state index is -0.221. The van der Waals surface area contributed by atoms with E-state index in [0.717, 1.165) is 11.5 Å². The fraction of sp³-hybridized carbons (Fsp3) is 0.417. The third kappa shape index (κ3) is 3.12. The molecule has 2 aromatic rings. The van der Waals surface area contributed by atoms with Gasteiger partial charge in [0.15, 0.2) is 0 Å². The number of rotatable bonds is 5. The van der Waals surface area contributed by atoms with E-state index in [1.807, 2.05) is 13.0 Å². The van der Waals surface area contributed by atoms with Gasteiger partial charge < -0.3 is 14.6 Å². The van der Waals surface area contributed by atoms with Gasteiger partial charge in [-0.05, 0) is 6.92 Å². The number of carbonyl (C=O) groups excluding carboxylic acids is 1. The van der Waals surface area contributed by atoms with Crippen molar-refractivity contribution in [2.45, 2.75) is 13.3 Å². The van der Waals surface area contributed by atoms with Crippen molar-refractivity contribution in [1.29, 1.82) is 0 Å².